The van der Waals surface area contributed by atoms with Gasteiger partial charge in [0.05, 0.1) is 24.0 Å². The fourth-order valence-electron chi connectivity index (χ4n) is 3.75. The van der Waals surface area contributed by atoms with Crippen LogP contribution in [0, 0.1) is 5.41 Å². The molecule has 1 aromatic rings. The van der Waals surface area contributed by atoms with Gasteiger partial charge in [-0.3, -0.25) is 0 Å². The summed E-state index contributed by atoms with van der Waals surface area (Å²) < 4.78 is 4.92. The van der Waals surface area contributed by atoms with Gasteiger partial charge in [-0.15, -0.1) is 0 Å². The lowest BCUT2D eigenvalue weighted by atomic mass is 9.86. The molecule has 1 fully saturated rings. The first-order valence-corrected chi connectivity index (χ1v) is 7.32. The Morgan fingerprint density at radius 1 is 1.35 bits per heavy atom. The standard InChI is InChI=1S/C16H22N2O2/c1-18-11-16(8-3-4-9-16)10-17-13-7-5-6-12(14(13)18)15(19)20-2/h5-7,17H,3-4,8-11H2,1-2H3. The topological polar surface area (TPSA) is 41.6 Å². The van der Waals surface area contributed by atoms with Gasteiger partial charge in [-0.2, -0.15) is 0 Å². The van der Waals surface area contributed by atoms with Crippen LogP contribution in [-0.4, -0.2) is 33.2 Å². The molecule has 1 saturated carbocycles. The molecule has 4 heteroatoms. The summed E-state index contributed by atoms with van der Waals surface area (Å²) in [6.45, 7) is 2.00. The number of hydrogen-bond donors (Lipinski definition) is 1. The molecule has 1 spiro atoms. The van der Waals surface area contributed by atoms with E-state index in [4.69, 9.17) is 4.74 Å². The fourth-order valence-corrected chi connectivity index (χ4v) is 3.75. The predicted molar refractivity (Wildman–Crippen MR) is 80.4 cm³/mol. The zero-order valence-corrected chi connectivity index (χ0v) is 12.2. The second kappa shape index (κ2) is 5.00. The fraction of sp³-hybridized carbons (Fsp3) is 0.562. The highest BCUT2D eigenvalue weighted by Crippen LogP contribution is 2.43. The summed E-state index contributed by atoms with van der Waals surface area (Å²) in [5.74, 6) is -0.266. The molecule has 0 radical (unpaired) electrons. The van der Waals surface area contributed by atoms with Gasteiger partial charge in [0.15, 0.2) is 0 Å². The van der Waals surface area contributed by atoms with Crippen LogP contribution in [0.1, 0.15) is 36.0 Å². The Morgan fingerprint density at radius 2 is 2.10 bits per heavy atom. The van der Waals surface area contributed by atoms with Gasteiger partial charge in [-0.1, -0.05) is 18.9 Å². The Balaban J connectivity index is 2.00. The second-order valence-corrected chi connectivity index (χ2v) is 6.11. The van der Waals surface area contributed by atoms with Crippen LogP contribution in [0.5, 0.6) is 0 Å². The number of hydrogen-bond acceptors (Lipinski definition) is 4. The van der Waals surface area contributed by atoms with E-state index in [0.29, 0.717) is 11.0 Å². The maximum Gasteiger partial charge on any atom is 0.340 e. The largest absolute Gasteiger partial charge is 0.465 e. The van der Waals surface area contributed by atoms with Crippen molar-refractivity contribution in [1.82, 2.24) is 0 Å². The maximum atomic E-state index is 12.0. The van der Waals surface area contributed by atoms with Gasteiger partial charge in [-0.05, 0) is 25.0 Å². The van der Waals surface area contributed by atoms with E-state index in [-0.39, 0.29) is 5.97 Å². The molecule has 1 aromatic carbocycles. The van der Waals surface area contributed by atoms with Crippen LogP contribution in [0.2, 0.25) is 0 Å². The van der Waals surface area contributed by atoms with Crippen LogP contribution in [0.3, 0.4) is 0 Å². The minimum atomic E-state index is -0.266. The van der Waals surface area contributed by atoms with Gasteiger partial charge in [0.25, 0.3) is 0 Å². The van der Waals surface area contributed by atoms with Crippen LogP contribution in [-0.2, 0) is 4.74 Å². The van der Waals surface area contributed by atoms with Gasteiger partial charge >= 0.3 is 5.97 Å². The zero-order valence-electron chi connectivity index (χ0n) is 12.2. The normalized spacial score (nSPS) is 20.2. The summed E-state index contributed by atoms with van der Waals surface area (Å²) >= 11 is 0. The maximum absolute atomic E-state index is 12.0. The van der Waals surface area contributed by atoms with E-state index in [0.717, 1.165) is 24.5 Å². The molecule has 20 heavy (non-hydrogen) atoms. The summed E-state index contributed by atoms with van der Waals surface area (Å²) in [4.78, 5) is 14.2. The van der Waals surface area contributed by atoms with Crippen molar-refractivity contribution in [2.75, 3.05) is 37.5 Å². The van der Waals surface area contributed by atoms with Crippen LogP contribution in [0.15, 0.2) is 18.2 Å². The van der Waals surface area contributed by atoms with Gasteiger partial charge in [0.1, 0.15) is 0 Å². The molecule has 1 aliphatic heterocycles. The number of ether oxygens (including phenoxy) is 1. The third kappa shape index (κ3) is 2.13. The molecule has 0 atom stereocenters. The number of nitrogens with one attached hydrogen (secondary N) is 1. The molecule has 0 bridgehead atoms. The van der Waals surface area contributed by atoms with Crippen molar-refractivity contribution in [3.63, 3.8) is 0 Å². The minimum Gasteiger partial charge on any atom is -0.465 e. The lowest BCUT2D eigenvalue weighted by Crippen LogP contribution is -2.36. The number of carbonyl (C=O) groups excluding carboxylic acids is 1. The third-order valence-electron chi connectivity index (χ3n) is 4.71. The predicted octanol–water partition coefficient (Wildman–Crippen LogP) is 2.90. The van der Waals surface area contributed by atoms with E-state index in [2.05, 4.69) is 17.3 Å². The number of carbonyl (C=O) groups is 1. The summed E-state index contributed by atoms with van der Waals surface area (Å²) in [5.41, 5.74) is 3.01. The number of rotatable bonds is 1. The van der Waals surface area contributed by atoms with E-state index in [1.165, 1.54) is 32.8 Å². The zero-order chi connectivity index (χ0) is 14.2. The lowest BCUT2D eigenvalue weighted by Gasteiger charge is -2.31. The van der Waals surface area contributed by atoms with Crippen molar-refractivity contribution in [1.29, 1.82) is 0 Å². The first kappa shape index (κ1) is 13.3. The Labute approximate surface area is 120 Å². The number of benzene rings is 1. The highest BCUT2D eigenvalue weighted by Gasteiger charge is 2.38. The molecule has 1 heterocycles. The van der Waals surface area contributed by atoms with Gasteiger partial charge in [0.2, 0.25) is 0 Å². The first-order chi connectivity index (χ1) is 9.65. The molecule has 0 amide bonds. The molecule has 0 aromatic heterocycles. The Morgan fingerprint density at radius 3 is 2.80 bits per heavy atom. The van der Waals surface area contributed by atoms with Crippen molar-refractivity contribution in [2.24, 2.45) is 5.41 Å². The van der Waals surface area contributed by atoms with Crippen LogP contribution in [0.25, 0.3) is 0 Å². The highest BCUT2D eigenvalue weighted by atomic mass is 16.5. The van der Waals surface area contributed by atoms with Crippen LogP contribution < -0.4 is 10.2 Å². The number of fused-ring (bicyclic) bond motifs is 1. The average Bonchev–Trinajstić information content (AvgIpc) is 2.86. The molecule has 0 saturated heterocycles. The summed E-state index contributed by atoms with van der Waals surface area (Å²) in [6.07, 6.45) is 5.17. The number of para-hydroxylation sites is 1. The summed E-state index contributed by atoms with van der Waals surface area (Å²) in [6, 6.07) is 5.81. The smallest absolute Gasteiger partial charge is 0.340 e. The molecule has 3 rings (SSSR count). The number of esters is 1. The molecule has 1 aliphatic carbocycles. The third-order valence-corrected chi connectivity index (χ3v) is 4.71. The van der Waals surface area contributed by atoms with Crippen LogP contribution in [0.4, 0.5) is 11.4 Å². The molecule has 1 N–H and O–H groups in total. The summed E-state index contributed by atoms with van der Waals surface area (Å²) in [5, 5.41) is 3.56. The highest BCUT2D eigenvalue weighted by molar-refractivity contribution is 5.99. The van der Waals surface area contributed by atoms with E-state index in [9.17, 15) is 4.79 Å². The molecule has 2 aliphatic rings. The Bertz CT molecular complexity index is 521. The SMILES string of the molecule is COC(=O)c1cccc2c1N(C)CC1(CCCC1)CN2. The van der Waals surface area contributed by atoms with Gasteiger partial charge < -0.3 is 15.0 Å². The van der Waals surface area contributed by atoms with Gasteiger partial charge in [-0.25, -0.2) is 4.79 Å². The van der Waals surface area contributed by atoms with Crippen molar-refractivity contribution in [3.05, 3.63) is 23.8 Å². The molecular weight excluding hydrogens is 252 g/mol. The number of methoxy groups -OCH3 is 1. The quantitative estimate of drug-likeness (QED) is 0.800. The molecule has 0 unspecified atom stereocenters. The second-order valence-electron chi connectivity index (χ2n) is 6.11. The molecule has 108 valence electrons. The van der Waals surface area contributed by atoms with Gasteiger partial charge in [0, 0.05) is 25.6 Å². The molecule has 4 nitrogen and oxygen atoms in total. The van der Waals surface area contributed by atoms with E-state index in [1.807, 2.05) is 18.2 Å². The van der Waals surface area contributed by atoms with Crippen molar-refractivity contribution < 1.29 is 9.53 Å². The number of nitrogens with zero attached hydrogens (tertiary/aromatic N) is 1. The Kier molecular flexibility index (Phi) is 3.32. The van der Waals surface area contributed by atoms with Crippen LogP contribution >= 0.6 is 0 Å². The van der Waals surface area contributed by atoms with E-state index in [1.54, 1.807) is 0 Å². The number of anilines is 2. The van der Waals surface area contributed by atoms with E-state index < -0.39 is 0 Å². The minimum absolute atomic E-state index is 0.266. The Hall–Kier alpha value is -1.71. The van der Waals surface area contributed by atoms with Crippen molar-refractivity contribution in [2.45, 2.75) is 25.7 Å². The summed E-state index contributed by atoms with van der Waals surface area (Å²) in [7, 11) is 3.52. The van der Waals surface area contributed by atoms with Crippen molar-refractivity contribution in [3.8, 4) is 0 Å². The van der Waals surface area contributed by atoms with Crippen molar-refractivity contribution >= 4 is 17.3 Å². The first-order valence-electron chi connectivity index (χ1n) is 7.32. The van der Waals surface area contributed by atoms with E-state index >= 15 is 0 Å². The average molecular weight is 274 g/mol. The monoisotopic (exact) mass is 274 g/mol. The lowest BCUT2D eigenvalue weighted by molar-refractivity contribution is 0.0601. The molecular formula is C16H22N2O2.